The quantitative estimate of drug-likeness (QED) is 0.923. The monoisotopic (exact) mass is 263 g/mol. The molecule has 0 unspecified atom stereocenters. The highest BCUT2D eigenvalue weighted by Gasteiger charge is 2.13. The number of halogens is 2. The van der Waals surface area contributed by atoms with E-state index in [9.17, 15) is 13.6 Å². The SMILES string of the molecule is COc1ccc(F)c(NC(=O)c2ccccc2F)c1. The highest BCUT2D eigenvalue weighted by Crippen LogP contribution is 2.22. The lowest BCUT2D eigenvalue weighted by atomic mass is 10.2. The third-order valence-corrected chi connectivity index (χ3v) is 2.54. The summed E-state index contributed by atoms with van der Waals surface area (Å²) in [5.41, 5.74) is -0.211. The van der Waals surface area contributed by atoms with E-state index < -0.39 is 17.5 Å². The number of anilines is 1. The molecule has 0 saturated carbocycles. The molecule has 2 rings (SSSR count). The van der Waals surface area contributed by atoms with Gasteiger partial charge in [-0.1, -0.05) is 12.1 Å². The number of carbonyl (C=O) groups excluding carboxylic acids is 1. The predicted molar refractivity (Wildman–Crippen MR) is 67.3 cm³/mol. The highest BCUT2D eigenvalue weighted by atomic mass is 19.1. The lowest BCUT2D eigenvalue weighted by Gasteiger charge is -2.08. The second-order valence-corrected chi connectivity index (χ2v) is 3.78. The molecule has 5 heteroatoms. The van der Waals surface area contributed by atoms with Crippen molar-refractivity contribution in [1.29, 1.82) is 0 Å². The van der Waals surface area contributed by atoms with Crippen LogP contribution in [0.3, 0.4) is 0 Å². The third-order valence-electron chi connectivity index (χ3n) is 2.54. The van der Waals surface area contributed by atoms with Crippen LogP contribution in [-0.4, -0.2) is 13.0 Å². The van der Waals surface area contributed by atoms with Crippen molar-refractivity contribution < 1.29 is 18.3 Å². The van der Waals surface area contributed by atoms with Gasteiger partial charge >= 0.3 is 0 Å². The summed E-state index contributed by atoms with van der Waals surface area (Å²) >= 11 is 0. The summed E-state index contributed by atoms with van der Waals surface area (Å²) in [6, 6.07) is 9.40. The van der Waals surface area contributed by atoms with Crippen molar-refractivity contribution >= 4 is 11.6 Å². The third kappa shape index (κ3) is 2.88. The van der Waals surface area contributed by atoms with Crippen LogP contribution >= 0.6 is 0 Å². The molecule has 0 radical (unpaired) electrons. The summed E-state index contributed by atoms with van der Waals surface area (Å²) in [6.07, 6.45) is 0. The molecule has 0 aliphatic heterocycles. The highest BCUT2D eigenvalue weighted by molar-refractivity contribution is 6.04. The molecule has 2 aromatic rings. The Labute approximate surface area is 108 Å². The zero-order valence-corrected chi connectivity index (χ0v) is 10.1. The average Bonchev–Trinajstić information content (AvgIpc) is 2.41. The van der Waals surface area contributed by atoms with Gasteiger partial charge in [-0.15, -0.1) is 0 Å². The number of carbonyl (C=O) groups is 1. The van der Waals surface area contributed by atoms with E-state index in [1.54, 1.807) is 0 Å². The number of hydrogen-bond donors (Lipinski definition) is 1. The molecule has 2 aromatic carbocycles. The minimum absolute atomic E-state index is 0.0624. The number of hydrogen-bond acceptors (Lipinski definition) is 2. The van der Waals surface area contributed by atoms with Gasteiger partial charge in [0, 0.05) is 6.07 Å². The van der Waals surface area contributed by atoms with Crippen molar-refractivity contribution in [3.8, 4) is 5.75 Å². The maximum atomic E-state index is 13.5. The van der Waals surface area contributed by atoms with E-state index in [2.05, 4.69) is 5.32 Å². The fourth-order valence-corrected chi connectivity index (χ4v) is 1.56. The van der Waals surface area contributed by atoms with Crippen LogP contribution in [0, 0.1) is 11.6 Å². The first-order valence-electron chi connectivity index (χ1n) is 5.51. The molecule has 0 atom stereocenters. The molecule has 0 fully saturated rings. The normalized spacial score (nSPS) is 10.1. The largest absolute Gasteiger partial charge is 0.497 e. The Morgan fingerprint density at radius 3 is 2.53 bits per heavy atom. The maximum Gasteiger partial charge on any atom is 0.258 e. The lowest BCUT2D eigenvalue weighted by molar-refractivity contribution is 0.102. The van der Waals surface area contributed by atoms with Crippen LogP contribution < -0.4 is 10.1 Å². The number of methoxy groups -OCH3 is 1. The molecule has 0 bridgehead atoms. The minimum Gasteiger partial charge on any atom is -0.497 e. The molecule has 3 nitrogen and oxygen atoms in total. The van der Waals surface area contributed by atoms with Gasteiger partial charge in [0.05, 0.1) is 18.4 Å². The van der Waals surface area contributed by atoms with Gasteiger partial charge in [-0.2, -0.15) is 0 Å². The van der Waals surface area contributed by atoms with Gasteiger partial charge in [-0.3, -0.25) is 4.79 Å². The second-order valence-electron chi connectivity index (χ2n) is 3.78. The van der Waals surface area contributed by atoms with Crippen molar-refractivity contribution in [3.63, 3.8) is 0 Å². The Kier molecular flexibility index (Phi) is 3.75. The van der Waals surface area contributed by atoms with Crippen molar-refractivity contribution in [1.82, 2.24) is 0 Å². The van der Waals surface area contributed by atoms with Crippen molar-refractivity contribution in [2.75, 3.05) is 12.4 Å². The molecule has 1 N–H and O–H groups in total. The van der Waals surface area contributed by atoms with Crippen LogP contribution in [-0.2, 0) is 0 Å². The molecular weight excluding hydrogens is 252 g/mol. The predicted octanol–water partition coefficient (Wildman–Crippen LogP) is 3.23. The van der Waals surface area contributed by atoms with Crippen LogP contribution in [0.1, 0.15) is 10.4 Å². The average molecular weight is 263 g/mol. The van der Waals surface area contributed by atoms with Gasteiger partial charge in [-0.25, -0.2) is 8.78 Å². The van der Waals surface area contributed by atoms with E-state index in [4.69, 9.17) is 4.74 Å². The molecule has 0 saturated heterocycles. The Hall–Kier alpha value is -2.43. The first-order chi connectivity index (χ1) is 9.11. The summed E-state index contributed by atoms with van der Waals surface area (Å²) in [5, 5.41) is 2.31. The van der Waals surface area contributed by atoms with Crippen LogP contribution in [0.2, 0.25) is 0 Å². The molecule has 0 aromatic heterocycles. The van der Waals surface area contributed by atoms with E-state index in [1.807, 2.05) is 0 Å². The smallest absolute Gasteiger partial charge is 0.258 e. The summed E-state index contributed by atoms with van der Waals surface area (Å²) in [5.74, 6) is -1.61. The summed E-state index contributed by atoms with van der Waals surface area (Å²) in [7, 11) is 1.43. The number of nitrogens with one attached hydrogen (secondary N) is 1. The molecule has 98 valence electrons. The second kappa shape index (κ2) is 5.48. The molecule has 0 spiro atoms. The van der Waals surface area contributed by atoms with E-state index in [-0.39, 0.29) is 11.3 Å². The zero-order valence-electron chi connectivity index (χ0n) is 10.1. The fourth-order valence-electron chi connectivity index (χ4n) is 1.56. The number of ether oxygens (including phenoxy) is 1. The topological polar surface area (TPSA) is 38.3 Å². The molecule has 0 aliphatic rings. The van der Waals surface area contributed by atoms with Gasteiger partial charge in [-0.05, 0) is 24.3 Å². The van der Waals surface area contributed by atoms with Crippen molar-refractivity contribution in [2.45, 2.75) is 0 Å². The van der Waals surface area contributed by atoms with Crippen molar-refractivity contribution in [2.24, 2.45) is 0 Å². The van der Waals surface area contributed by atoms with Gasteiger partial charge in [0.25, 0.3) is 5.91 Å². The van der Waals surface area contributed by atoms with Crippen molar-refractivity contribution in [3.05, 3.63) is 59.7 Å². The number of benzene rings is 2. The summed E-state index contributed by atoms with van der Waals surface area (Å²) < 4.78 is 31.9. The van der Waals surface area contributed by atoms with E-state index in [1.165, 1.54) is 37.4 Å². The number of rotatable bonds is 3. The minimum atomic E-state index is -0.717. The van der Waals surface area contributed by atoms with Gasteiger partial charge in [0.1, 0.15) is 17.4 Å². The Balaban J connectivity index is 2.26. The summed E-state index contributed by atoms with van der Waals surface area (Å²) in [6.45, 7) is 0. The summed E-state index contributed by atoms with van der Waals surface area (Å²) in [4.78, 5) is 11.8. The Bertz CT molecular complexity index is 614. The Morgan fingerprint density at radius 2 is 1.84 bits per heavy atom. The molecule has 0 aliphatic carbocycles. The first-order valence-corrected chi connectivity index (χ1v) is 5.51. The first kappa shape index (κ1) is 13.0. The van der Waals surface area contributed by atoms with Gasteiger partial charge in [0.2, 0.25) is 0 Å². The standard InChI is InChI=1S/C14H11F2NO2/c1-19-9-6-7-12(16)13(8-9)17-14(18)10-4-2-3-5-11(10)15/h2-8H,1H3,(H,17,18). The van der Waals surface area contributed by atoms with Crippen LogP contribution in [0.15, 0.2) is 42.5 Å². The van der Waals surface area contributed by atoms with Crippen LogP contribution in [0.4, 0.5) is 14.5 Å². The van der Waals surface area contributed by atoms with Crippen LogP contribution in [0.25, 0.3) is 0 Å². The zero-order chi connectivity index (χ0) is 13.8. The lowest BCUT2D eigenvalue weighted by Crippen LogP contribution is -2.14. The van der Waals surface area contributed by atoms with E-state index in [0.717, 1.165) is 12.1 Å². The van der Waals surface area contributed by atoms with Gasteiger partial charge in [0.15, 0.2) is 0 Å². The van der Waals surface area contributed by atoms with Gasteiger partial charge < -0.3 is 10.1 Å². The number of amides is 1. The fraction of sp³-hybridized carbons (Fsp3) is 0.0714. The maximum absolute atomic E-state index is 13.5. The van der Waals surface area contributed by atoms with E-state index >= 15 is 0 Å². The molecule has 0 heterocycles. The van der Waals surface area contributed by atoms with Crippen LogP contribution in [0.5, 0.6) is 5.75 Å². The molecule has 19 heavy (non-hydrogen) atoms. The Morgan fingerprint density at radius 1 is 1.11 bits per heavy atom. The molecular formula is C14H11F2NO2. The van der Waals surface area contributed by atoms with E-state index in [0.29, 0.717) is 5.75 Å². The molecule has 1 amide bonds.